The van der Waals surface area contributed by atoms with Crippen molar-refractivity contribution in [3.05, 3.63) is 48.0 Å². The zero-order valence-electron chi connectivity index (χ0n) is 19.4. The van der Waals surface area contributed by atoms with Gasteiger partial charge in [0.1, 0.15) is 11.6 Å². The van der Waals surface area contributed by atoms with Gasteiger partial charge in [-0.15, -0.1) is 0 Å². The van der Waals surface area contributed by atoms with Crippen LogP contribution in [0.25, 0.3) is 0 Å². The van der Waals surface area contributed by atoms with Crippen molar-refractivity contribution < 1.29 is 14.7 Å². The predicted octanol–water partition coefficient (Wildman–Crippen LogP) is 2.97. The van der Waals surface area contributed by atoms with Gasteiger partial charge in [-0.25, -0.2) is 9.97 Å². The second kappa shape index (κ2) is 10.3. The number of hydrogen-bond acceptors (Lipinski definition) is 6. The summed E-state index contributed by atoms with van der Waals surface area (Å²) in [6, 6.07) is 6.99. The van der Waals surface area contributed by atoms with E-state index in [1.165, 1.54) is 0 Å². The number of phenolic OH excluding ortho intramolecular Hbond substituents is 1. The molecule has 0 spiro atoms. The van der Waals surface area contributed by atoms with Crippen LogP contribution in [0.4, 0.5) is 5.69 Å². The average molecular weight is 452 g/mol. The lowest BCUT2D eigenvalue weighted by Crippen LogP contribution is -2.43. The van der Waals surface area contributed by atoms with Gasteiger partial charge in [0.05, 0.1) is 12.5 Å². The molecule has 1 aromatic heterocycles. The third kappa shape index (κ3) is 5.68. The molecule has 1 atom stereocenters. The third-order valence-electron chi connectivity index (χ3n) is 6.72. The maximum atomic E-state index is 12.8. The Morgan fingerprint density at radius 3 is 2.55 bits per heavy atom. The van der Waals surface area contributed by atoms with Crippen LogP contribution in [0.15, 0.2) is 36.7 Å². The van der Waals surface area contributed by atoms with E-state index in [0.717, 1.165) is 50.3 Å². The maximum absolute atomic E-state index is 12.8. The molecule has 3 heterocycles. The van der Waals surface area contributed by atoms with Crippen molar-refractivity contribution in [2.45, 2.75) is 44.9 Å². The first-order valence-electron chi connectivity index (χ1n) is 11.8. The number of aromatic nitrogens is 2. The Hall–Kier alpha value is -3.00. The van der Waals surface area contributed by atoms with Crippen molar-refractivity contribution in [1.82, 2.24) is 19.8 Å². The van der Waals surface area contributed by atoms with Crippen molar-refractivity contribution in [2.24, 2.45) is 5.92 Å². The molecular weight excluding hydrogens is 418 g/mol. The van der Waals surface area contributed by atoms with Crippen LogP contribution in [0, 0.1) is 5.92 Å². The first-order chi connectivity index (χ1) is 15.9. The van der Waals surface area contributed by atoms with Crippen molar-refractivity contribution in [3.8, 4) is 5.75 Å². The van der Waals surface area contributed by atoms with E-state index in [0.29, 0.717) is 24.7 Å². The van der Waals surface area contributed by atoms with E-state index in [9.17, 15) is 14.7 Å². The zero-order valence-corrected chi connectivity index (χ0v) is 19.4. The van der Waals surface area contributed by atoms with E-state index >= 15 is 0 Å². The number of carbonyl (C=O) groups excluding carboxylic acids is 2. The Morgan fingerprint density at radius 2 is 1.85 bits per heavy atom. The lowest BCUT2D eigenvalue weighted by atomic mass is 9.96. The minimum Gasteiger partial charge on any atom is -0.508 e. The number of likely N-dealkylation sites (tertiary alicyclic amines) is 2. The van der Waals surface area contributed by atoms with E-state index in [2.05, 4.69) is 20.2 Å². The SMILES string of the molecule is CC(C)c1cc(NC(=O)[C@@H]2CCN(CC(=O)N3CCC(c4ncccn4)CC3)C2)ccc1O. The summed E-state index contributed by atoms with van der Waals surface area (Å²) in [5, 5.41) is 13.0. The molecule has 4 rings (SSSR count). The summed E-state index contributed by atoms with van der Waals surface area (Å²) in [6.45, 7) is 7.13. The van der Waals surface area contributed by atoms with E-state index in [1.807, 2.05) is 30.9 Å². The van der Waals surface area contributed by atoms with Crippen LogP contribution in [0.1, 0.15) is 56.3 Å². The third-order valence-corrected chi connectivity index (χ3v) is 6.72. The number of nitrogens with one attached hydrogen (secondary N) is 1. The number of carbonyl (C=O) groups is 2. The number of aromatic hydroxyl groups is 1. The number of piperidine rings is 1. The number of amides is 2. The molecule has 0 saturated carbocycles. The molecule has 0 radical (unpaired) electrons. The minimum atomic E-state index is -0.143. The van der Waals surface area contributed by atoms with Gasteiger partial charge in [-0.1, -0.05) is 13.8 Å². The molecule has 2 aliphatic rings. The second-order valence-corrected chi connectivity index (χ2v) is 9.40. The summed E-state index contributed by atoms with van der Waals surface area (Å²) in [6.07, 6.45) is 6.04. The zero-order chi connectivity index (χ0) is 23.4. The average Bonchev–Trinajstić information content (AvgIpc) is 3.29. The van der Waals surface area contributed by atoms with Gasteiger partial charge in [0, 0.05) is 43.6 Å². The fourth-order valence-corrected chi connectivity index (χ4v) is 4.73. The highest BCUT2D eigenvalue weighted by molar-refractivity contribution is 5.93. The lowest BCUT2D eigenvalue weighted by Gasteiger charge is -2.32. The van der Waals surface area contributed by atoms with Crippen molar-refractivity contribution in [3.63, 3.8) is 0 Å². The van der Waals surface area contributed by atoms with Gasteiger partial charge in [-0.3, -0.25) is 14.5 Å². The van der Waals surface area contributed by atoms with Gasteiger partial charge in [0.15, 0.2) is 0 Å². The molecule has 0 aliphatic carbocycles. The molecule has 1 aromatic carbocycles. The van der Waals surface area contributed by atoms with Gasteiger partial charge < -0.3 is 15.3 Å². The molecule has 2 saturated heterocycles. The molecule has 33 heavy (non-hydrogen) atoms. The van der Waals surface area contributed by atoms with Crippen LogP contribution in [0.3, 0.4) is 0 Å². The predicted molar refractivity (Wildman–Crippen MR) is 126 cm³/mol. The molecular formula is C25H33N5O3. The topological polar surface area (TPSA) is 98.7 Å². The molecule has 176 valence electrons. The van der Waals surface area contributed by atoms with Crippen molar-refractivity contribution in [1.29, 1.82) is 0 Å². The number of rotatable bonds is 6. The fraction of sp³-hybridized carbons (Fsp3) is 0.520. The van der Waals surface area contributed by atoms with Gasteiger partial charge in [-0.05, 0) is 61.6 Å². The Balaban J connectivity index is 1.24. The van der Waals surface area contributed by atoms with Gasteiger partial charge in [0.2, 0.25) is 11.8 Å². The van der Waals surface area contributed by atoms with Crippen molar-refractivity contribution >= 4 is 17.5 Å². The Labute approximate surface area is 195 Å². The summed E-state index contributed by atoms with van der Waals surface area (Å²) in [5.41, 5.74) is 1.51. The Kier molecular flexibility index (Phi) is 7.23. The van der Waals surface area contributed by atoms with Crippen molar-refractivity contribution in [2.75, 3.05) is 38.0 Å². The van der Waals surface area contributed by atoms with Gasteiger partial charge in [-0.2, -0.15) is 0 Å². The second-order valence-electron chi connectivity index (χ2n) is 9.40. The number of nitrogens with zero attached hydrogens (tertiary/aromatic N) is 4. The molecule has 0 unspecified atom stereocenters. The summed E-state index contributed by atoms with van der Waals surface area (Å²) in [4.78, 5) is 38.3. The van der Waals surface area contributed by atoms with Crippen LogP contribution in [-0.4, -0.2) is 69.4 Å². The van der Waals surface area contributed by atoms with E-state index in [4.69, 9.17) is 0 Å². The molecule has 2 N–H and O–H groups in total. The smallest absolute Gasteiger partial charge is 0.236 e. The summed E-state index contributed by atoms with van der Waals surface area (Å²) >= 11 is 0. The molecule has 0 bridgehead atoms. The van der Waals surface area contributed by atoms with E-state index < -0.39 is 0 Å². The van der Waals surface area contributed by atoms with Crippen LogP contribution < -0.4 is 5.32 Å². The van der Waals surface area contributed by atoms with Crippen LogP contribution in [0.5, 0.6) is 5.75 Å². The fourth-order valence-electron chi connectivity index (χ4n) is 4.73. The first-order valence-corrected chi connectivity index (χ1v) is 11.8. The van der Waals surface area contributed by atoms with Crippen LogP contribution >= 0.6 is 0 Å². The standard InChI is InChI=1S/C25H33N5O3/c1-17(2)21-14-20(4-5-22(21)31)28-25(33)19-6-11-29(15-19)16-23(32)30-12-7-18(8-13-30)24-26-9-3-10-27-24/h3-5,9-10,14,17-19,31H,6-8,11-13,15-16H2,1-2H3,(H,28,33)/t19-/m1/s1. The van der Waals surface area contributed by atoms with E-state index in [-0.39, 0.29) is 29.4 Å². The summed E-state index contributed by atoms with van der Waals surface area (Å²) in [5.74, 6) is 1.54. The van der Waals surface area contributed by atoms with Gasteiger partial charge in [0.25, 0.3) is 0 Å². The lowest BCUT2D eigenvalue weighted by molar-refractivity contribution is -0.133. The highest BCUT2D eigenvalue weighted by Crippen LogP contribution is 2.29. The Morgan fingerprint density at radius 1 is 1.12 bits per heavy atom. The largest absolute Gasteiger partial charge is 0.508 e. The molecule has 2 aliphatic heterocycles. The number of phenols is 1. The number of benzene rings is 1. The van der Waals surface area contributed by atoms with Gasteiger partial charge >= 0.3 is 0 Å². The molecule has 2 fully saturated rings. The van der Waals surface area contributed by atoms with E-state index in [1.54, 1.807) is 24.5 Å². The maximum Gasteiger partial charge on any atom is 0.236 e. The van der Waals surface area contributed by atoms with Crippen LogP contribution in [-0.2, 0) is 9.59 Å². The monoisotopic (exact) mass is 451 g/mol. The molecule has 2 amide bonds. The number of hydrogen-bond donors (Lipinski definition) is 2. The first kappa shape index (κ1) is 23.2. The quantitative estimate of drug-likeness (QED) is 0.655. The molecule has 8 nitrogen and oxygen atoms in total. The minimum absolute atomic E-state index is 0.0333. The van der Waals surface area contributed by atoms with Crippen LogP contribution in [0.2, 0.25) is 0 Å². The summed E-state index contributed by atoms with van der Waals surface area (Å²) in [7, 11) is 0. The molecule has 8 heteroatoms. The highest BCUT2D eigenvalue weighted by Gasteiger charge is 2.32. The summed E-state index contributed by atoms with van der Waals surface area (Å²) < 4.78 is 0. The number of anilines is 1. The normalized spacial score (nSPS) is 19.7. The Bertz CT molecular complexity index is 973. The highest BCUT2D eigenvalue weighted by atomic mass is 16.3. The molecule has 2 aromatic rings.